The van der Waals surface area contributed by atoms with Gasteiger partial charge in [-0.05, 0) is 47.9 Å². The topological polar surface area (TPSA) is 112 Å². The van der Waals surface area contributed by atoms with Gasteiger partial charge in [0.1, 0.15) is 18.2 Å². The van der Waals surface area contributed by atoms with E-state index in [2.05, 4.69) is 15.0 Å². The highest BCUT2D eigenvalue weighted by Gasteiger charge is 2.49. The van der Waals surface area contributed by atoms with Crippen LogP contribution in [0.25, 0.3) is 32.9 Å². The Labute approximate surface area is 254 Å². The highest BCUT2D eigenvalue weighted by atomic mass is 31.2. The van der Waals surface area contributed by atoms with Gasteiger partial charge in [0.2, 0.25) is 7.29 Å². The Morgan fingerprint density at radius 1 is 0.841 bits per heavy atom. The number of aromatic nitrogens is 3. The molecule has 4 heterocycles. The first kappa shape index (κ1) is 27.8. The lowest BCUT2D eigenvalue weighted by Crippen LogP contribution is -2.23. The van der Waals surface area contributed by atoms with Crippen molar-refractivity contribution >= 4 is 45.4 Å². The summed E-state index contributed by atoms with van der Waals surface area (Å²) in [6, 6.07) is 26.9. The van der Waals surface area contributed by atoms with E-state index in [1.807, 2.05) is 89.6 Å². The molecule has 0 radical (unpaired) electrons. The first-order valence-electron chi connectivity index (χ1n) is 14.2. The largest absolute Gasteiger partial charge is 0.493 e. The van der Waals surface area contributed by atoms with Gasteiger partial charge in [0, 0.05) is 51.9 Å². The molecule has 0 aliphatic carbocycles. The number of ether oxygens (including phenoxy) is 3. The van der Waals surface area contributed by atoms with Crippen LogP contribution < -0.4 is 30.6 Å². The van der Waals surface area contributed by atoms with Crippen molar-refractivity contribution in [2.45, 2.75) is 6.04 Å². The summed E-state index contributed by atoms with van der Waals surface area (Å²) in [6.07, 6.45) is 5.12. The van der Waals surface area contributed by atoms with Crippen molar-refractivity contribution in [1.29, 1.82) is 0 Å². The van der Waals surface area contributed by atoms with Crippen molar-refractivity contribution in [3.8, 4) is 28.5 Å². The zero-order valence-electron chi connectivity index (χ0n) is 24.3. The highest BCUT2D eigenvalue weighted by Crippen LogP contribution is 2.54. The predicted molar refractivity (Wildman–Crippen MR) is 174 cm³/mol. The summed E-state index contributed by atoms with van der Waals surface area (Å²) in [4.78, 5) is 13.6. The van der Waals surface area contributed by atoms with Gasteiger partial charge in [-0.2, -0.15) is 0 Å². The minimum atomic E-state index is -2.99. The Morgan fingerprint density at radius 3 is 2.20 bits per heavy atom. The van der Waals surface area contributed by atoms with Crippen LogP contribution in [0.2, 0.25) is 0 Å². The van der Waals surface area contributed by atoms with E-state index >= 15 is 0 Å². The third-order valence-electron chi connectivity index (χ3n) is 7.92. The van der Waals surface area contributed by atoms with Crippen molar-refractivity contribution in [3.05, 3.63) is 104 Å². The van der Waals surface area contributed by atoms with E-state index in [0.717, 1.165) is 37.8 Å². The summed E-state index contributed by atoms with van der Waals surface area (Å²) in [5.41, 5.74) is 8.58. The van der Waals surface area contributed by atoms with Gasteiger partial charge in [-0.25, -0.2) is 9.65 Å². The quantitative estimate of drug-likeness (QED) is 0.131. The van der Waals surface area contributed by atoms with Gasteiger partial charge < -0.3 is 19.9 Å². The maximum absolute atomic E-state index is 14.6. The van der Waals surface area contributed by atoms with E-state index in [1.165, 1.54) is 0 Å². The molecule has 1 aliphatic heterocycles. The normalized spacial score (nSPS) is 16.1. The third-order valence-corrected chi connectivity index (χ3v) is 11.1. The van der Waals surface area contributed by atoms with Crippen LogP contribution in [0.1, 0.15) is 0 Å². The highest BCUT2D eigenvalue weighted by molar-refractivity contribution is 7.76. The lowest BCUT2D eigenvalue weighted by molar-refractivity contribution is 0.309. The number of rotatable bonds is 9. The van der Waals surface area contributed by atoms with Crippen molar-refractivity contribution in [3.63, 3.8) is 0 Å². The molecule has 3 aromatic heterocycles. The average Bonchev–Trinajstić information content (AvgIpc) is 3.87. The molecule has 44 heavy (non-hydrogen) atoms. The third kappa shape index (κ3) is 4.90. The van der Waals surface area contributed by atoms with Gasteiger partial charge >= 0.3 is 0 Å². The lowest BCUT2D eigenvalue weighted by Gasteiger charge is -2.21. The molecule has 1 unspecified atom stereocenters. The zero-order chi connectivity index (χ0) is 30.3. The van der Waals surface area contributed by atoms with Gasteiger partial charge in [0.25, 0.3) is 0 Å². The maximum Gasteiger partial charge on any atom is 0.207 e. The molecule has 3 aromatic carbocycles. The Balaban J connectivity index is 1.16. The van der Waals surface area contributed by atoms with Crippen LogP contribution in [0, 0.1) is 0 Å². The molecule has 9 nitrogen and oxygen atoms in total. The second-order valence-electron chi connectivity index (χ2n) is 10.6. The fourth-order valence-electron chi connectivity index (χ4n) is 5.59. The summed E-state index contributed by atoms with van der Waals surface area (Å²) in [6.45, 7) is 1.05. The zero-order valence-corrected chi connectivity index (χ0v) is 25.1. The Morgan fingerprint density at radius 2 is 1.52 bits per heavy atom. The molecule has 10 heteroatoms. The minimum absolute atomic E-state index is 0.00479. The molecule has 1 saturated heterocycles. The standard InChI is InChI=1S/C34H30N5O4P/c1-41-32-15-28-27-14-30(38-34(35)29(27)19-37-31(28)16-33(32)42-2)22-13-24(18-36-17-22)43-21-23-20-39(23)44(40,25-9-5-3-6-10-25)26-11-7-4-8-12-26/h3-19,23H,20-21H2,1-2H3,(H2,35,38)/t23-,39?/m0/s1. The number of benzene rings is 3. The summed E-state index contributed by atoms with van der Waals surface area (Å²) >= 11 is 0. The van der Waals surface area contributed by atoms with E-state index in [0.29, 0.717) is 41.9 Å². The summed E-state index contributed by atoms with van der Waals surface area (Å²) in [5.74, 6) is 2.15. The fraction of sp³-hybridized carbons (Fsp3) is 0.147. The number of anilines is 1. The van der Waals surface area contributed by atoms with Crippen molar-refractivity contribution in [2.75, 3.05) is 33.1 Å². The van der Waals surface area contributed by atoms with Crippen LogP contribution in [0.3, 0.4) is 0 Å². The predicted octanol–water partition coefficient (Wildman–Crippen LogP) is 5.44. The van der Waals surface area contributed by atoms with Gasteiger partial charge in [-0.1, -0.05) is 36.4 Å². The average molecular weight is 604 g/mol. The van der Waals surface area contributed by atoms with Crippen molar-refractivity contribution in [1.82, 2.24) is 19.6 Å². The molecule has 1 fully saturated rings. The molecule has 0 saturated carbocycles. The summed E-state index contributed by atoms with van der Waals surface area (Å²) in [7, 11) is 0.209. The van der Waals surface area contributed by atoms with Gasteiger partial charge in [-0.3, -0.25) is 14.5 Å². The van der Waals surface area contributed by atoms with Gasteiger partial charge in [-0.15, -0.1) is 0 Å². The molecule has 0 amide bonds. The number of hydrogen-bond donors (Lipinski definition) is 1. The first-order valence-corrected chi connectivity index (χ1v) is 15.8. The van der Waals surface area contributed by atoms with Gasteiger partial charge in [0.15, 0.2) is 11.5 Å². The molecule has 6 aromatic rings. The number of pyridine rings is 3. The van der Waals surface area contributed by atoms with E-state index in [4.69, 9.17) is 19.9 Å². The number of fused-ring (bicyclic) bond motifs is 3. The SMILES string of the molecule is COc1cc2ncc3c(N)nc(-c4cncc(OC[C@@H]5CN5P(=O)(c5ccccc5)c5ccccc5)c4)cc3c2cc1OC. The monoisotopic (exact) mass is 603 g/mol. The second-order valence-corrected chi connectivity index (χ2v) is 13.3. The Bertz CT molecular complexity index is 2000. The Kier molecular flexibility index (Phi) is 7.12. The van der Waals surface area contributed by atoms with Crippen LogP contribution in [-0.2, 0) is 4.57 Å². The number of nitrogens with two attached hydrogens (primary N) is 1. The molecular weight excluding hydrogens is 573 g/mol. The van der Waals surface area contributed by atoms with Crippen molar-refractivity contribution < 1.29 is 18.8 Å². The van der Waals surface area contributed by atoms with E-state index < -0.39 is 7.29 Å². The summed E-state index contributed by atoms with van der Waals surface area (Å²) < 4.78 is 33.8. The smallest absolute Gasteiger partial charge is 0.207 e. The van der Waals surface area contributed by atoms with Crippen LogP contribution in [0.15, 0.2) is 104 Å². The summed E-state index contributed by atoms with van der Waals surface area (Å²) in [5, 5.41) is 4.12. The second kappa shape index (κ2) is 11.3. The molecule has 7 rings (SSSR count). The molecule has 2 N–H and O–H groups in total. The molecule has 1 aliphatic rings. The molecule has 0 spiro atoms. The maximum atomic E-state index is 14.6. The van der Waals surface area contributed by atoms with Crippen LogP contribution in [0.5, 0.6) is 17.2 Å². The lowest BCUT2D eigenvalue weighted by atomic mass is 10.0. The van der Waals surface area contributed by atoms with Crippen LogP contribution in [0.4, 0.5) is 5.82 Å². The minimum Gasteiger partial charge on any atom is -0.493 e. The number of nitrogen functional groups attached to an aromatic ring is 1. The molecular formula is C34H30N5O4P. The number of hydrogen-bond acceptors (Lipinski definition) is 8. The van der Waals surface area contributed by atoms with Crippen molar-refractivity contribution in [2.24, 2.45) is 0 Å². The van der Waals surface area contributed by atoms with E-state index in [9.17, 15) is 4.57 Å². The van der Waals surface area contributed by atoms with Crippen LogP contribution >= 0.6 is 7.29 Å². The van der Waals surface area contributed by atoms with E-state index in [1.54, 1.807) is 32.8 Å². The first-order chi connectivity index (χ1) is 21.5. The van der Waals surface area contributed by atoms with Gasteiger partial charge in [0.05, 0.1) is 37.7 Å². The molecule has 220 valence electrons. The fourth-order valence-corrected chi connectivity index (χ4v) is 8.58. The number of nitrogens with zero attached hydrogens (tertiary/aromatic N) is 4. The van der Waals surface area contributed by atoms with E-state index in [-0.39, 0.29) is 6.04 Å². The Hall–Kier alpha value is -4.98. The molecule has 0 bridgehead atoms. The number of methoxy groups -OCH3 is 2. The van der Waals surface area contributed by atoms with Crippen LogP contribution in [-0.4, -0.2) is 53.0 Å². The molecule has 2 atom stereocenters.